The molecule has 2 nitrogen and oxygen atoms in total. The lowest BCUT2D eigenvalue weighted by Crippen LogP contribution is -2.04. The zero-order valence-corrected chi connectivity index (χ0v) is 10.7. The lowest BCUT2D eigenvalue weighted by molar-refractivity contribution is 0.0965. The Labute approximate surface area is 109 Å². The Morgan fingerprint density at radius 2 is 1.88 bits per heavy atom. The zero-order valence-electron chi connectivity index (χ0n) is 9.17. The van der Waals surface area contributed by atoms with Crippen molar-refractivity contribution in [3.8, 4) is 0 Å². The molecule has 0 fully saturated rings. The van der Waals surface area contributed by atoms with Crippen LogP contribution in [-0.4, -0.2) is 5.78 Å². The predicted molar refractivity (Wildman–Crippen MR) is 67.9 cm³/mol. The number of hydrogen-bond donors (Lipinski definition) is 0. The highest BCUT2D eigenvalue weighted by molar-refractivity contribution is 6.36. The first-order chi connectivity index (χ1) is 8.09. The van der Waals surface area contributed by atoms with Crippen LogP contribution >= 0.6 is 23.2 Å². The van der Waals surface area contributed by atoms with Crippen LogP contribution in [0.4, 0.5) is 0 Å². The highest BCUT2D eigenvalue weighted by atomic mass is 35.5. The van der Waals surface area contributed by atoms with Crippen LogP contribution in [0, 0.1) is 6.92 Å². The molecule has 0 amide bonds. The topological polar surface area (TPSA) is 30.2 Å². The number of furan rings is 1. The van der Waals surface area contributed by atoms with Gasteiger partial charge in [-0.25, -0.2) is 0 Å². The van der Waals surface area contributed by atoms with Crippen molar-refractivity contribution in [3.63, 3.8) is 0 Å². The number of benzene rings is 1. The van der Waals surface area contributed by atoms with Crippen molar-refractivity contribution < 1.29 is 9.21 Å². The van der Waals surface area contributed by atoms with Crippen LogP contribution in [-0.2, 0) is 6.42 Å². The fourth-order valence-corrected chi connectivity index (χ4v) is 2.13. The summed E-state index contributed by atoms with van der Waals surface area (Å²) >= 11 is 12.0. The molecule has 0 spiro atoms. The quantitative estimate of drug-likeness (QED) is 0.777. The molecule has 88 valence electrons. The summed E-state index contributed by atoms with van der Waals surface area (Å²) in [6.07, 6.45) is 1.64. The number of halogens is 2. The minimum atomic E-state index is -0.123. The summed E-state index contributed by atoms with van der Waals surface area (Å²) in [5.41, 5.74) is 1.45. The second kappa shape index (κ2) is 4.94. The third-order valence-corrected chi connectivity index (χ3v) is 3.22. The van der Waals surface area contributed by atoms with E-state index >= 15 is 0 Å². The first kappa shape index (κ1) is 12.2. The smallest absolute Gasteiger partial charge is 0.202 e. The average molecular weight is 269 g/mol. The molecule has 2 rings (SSSR count). The molecule has 1 aromatic carbocycles. The normalized spacial score (nSPS) is 10.5. The summed E-state index contributed by atoms with van der Waals surface area (Å²) in [5, 5.41) is 0.991. The van der Waals surface area contributed by atoms with Gasteiger partial charge in [0.2, 0.25) is 5.78 Å². The highest BCUT2D eigenvalue weighted by Gasteiger charge is 2.16. The molecule has 0 atom stereocenters. The van der Waals surface area contributed by atoms with Gasteiger partial charge >= 0.3 is 0 Å². The van der Waals surface area contributed by atoms with E-state index in [-0.39, 0.29) is 12.2 Å². The van der Waals surface area contributed by atoms with Crippen LogP contribution in [0.2, 0.25) is 10.0 Å². The highest BCUT2D eigenvalue weighted by Crippen LogP contribution is 2.26. The Bertz CT molecular complexity index is 538. The van der Waals surface area contributed by atoms with E-state index in [1.807, 2.05) is 6.92 Å². The molecular weight excluding hydrogens is 259 g/mol. The fraction of sp³-hybridized carbons (Fsp3) is 0.154. The molecule has 1 heterocycles. The number of Topliss-reactive ketones (excluding diaryl/α,β-unsaturated/α-hetero) is 1. The number of carbonyl (C=O) groups excluding carboxylic acids is 1. The Morgan fingerprint density at radius 1 is 1.24 bits per heavy atom. The predicted octanol–water partition coefficient (Wildman–Crippen LogP) is 4.32. The lowest BCUT2D eigenvalue weighted by atomic mass is 10.1. The summed E-state index contributed by atoms with van der Waals surface area (Å²) < 4.78 is 5.14. The van der Waals surface area contributed by atoms with Crippen molar-refractivity contribution in [3.05, 3.63) is 57.5 Å². The third kappa shape index (κ3) is 2.54. The first-order valence-electron chi connectivity index (χ1n) is 5.10. The summed E-state index contributed by atoms with van der Waals surface area (Å²) in [6.45, 7) is 1.82. The minimum Gasteiger partial charge on any atom is -0.461 e. The van der Waals surface area contributed by atoms with E-state index in [4.69, 9.17) is 27.6 Å². The molecule has 0 aliphatic rings. The van der Waals surface area contributed by atoms with Gasteiger partial charge in [0.25, 0.3) is 0 Å². The largest absolute Gasteiger partial charge is 0.461 e. The van der Waals surface area contributed by atoms with Crippen molar-refractivity contribution in [2.75, 3.05) is 0 Å². The van der Waals surface area contributed by atoms with Gasteiger partial charge in [-0.3, -0.25) is 4.79 Å². The molecule has 0 aliphatic heterocycles. The summed E-state index contributed by atoms with van der Waals surface area (Å²) in [4.78, 5) is 12.0. The van der Waals surface area contributed by atoms with Crippen molar-refractivity contribution >= 4 is 29.0 Å². The van der Waals surface area contributed by atoms with Gasteiger partial charge in [0, 0.05) is 16.5 Å². The molecule has 17 heavy (non-hydrogen) atoms. The van der Waals surface area contributed by atoms with E-state index in [0.29, 0.717) is 21.4 Å². The van der Waals surface area contributed by atoms with Gasteiger partial charge in [0.1, 0.15) is 0 Å². The number of ketones is 1. The Balaban J connectivity index is 2.28. The monoisotopic (exact) mass is 268 g/mol. The van der Waals surface area contributed by atoms with E-state index in [0.717, 1.165) is 5.56 Å². The maximum Gasteiger partial charge on any atom is 0.202 e. The SMILES string of the molecule is Cc1ccoc1C(=O)Cc1c(Cl)cccc1Cl. The zero-order chi connectivity index (χ0) is 12.4. The van der Waals surface area contributed by atoms with Gasteiger partial charge in [0.05, 0.1) is 6.26 Å². The van der Waals surface area contributed by atoms with Crippen molar-refractivity contribution in [1.82, 2.24) is 0 Å². The number of rotatable bonds is 3. The molecule has 0 radical (unpaired) electrons. The van der Waals surface area contributed by atoms with Crippen molar-refractivity contribution in [2.45, 2.75) is 13.3 Å². The molecule has 4 heteroatoms. The van der Waals surface area contributed by atoms with E-state index in [1.54, 1.807) is 24.3 Å². The molecule has 1 aromatic heterocycles. The maximum atomic E-state index is 12.0. The van der Waals surface area contributed by atoms with Gasteiger partial charge in [-0.05, 0) is 36.2 Å². The van der Waals surface area contributed by atoms with E-state index in [2.05, 4.69) is 0 Å². The Hall–Kier alpha value is -1.25. The van der Waals surface area contributed by atoms with Crippen LogP contribution in [0.1, 0.15) is 21.7 Å². The van der Waals surface area contributed by atoms with Crippen LogP contribution in [0.3, 0.4) is 0 Å². The number of carbonyl (C=O) groups is 1. The number of aryl methyl sites for hydroxylation is 1. The average Bonchev–Trinajstić information content (AvgIpc) is 2.70. The van der Waals surface area contributed by atoms with Gasteiger partial charge in [0.15, 0.2) is 5.76 Å². The fourth-order valence-electron chi connectivity index (χ4n) is 1.60. The van der Waals surface area contributed by atoms with E-state index in [9.17, 15) is 4.79 Å². The van der Waals surface area contributed by atoms with E-state index in [1.165, 1.54) is 6.26 Å². The molecule has 0 saturated heterocycles. The third-order valence-electron chi connectivity index (χ3n) is 2.51. The van der Waals surface area contributed by atoms with Crippen molar-refractivity contribution in [1.29, 1.82) is 0 Å². The van der Waals surface area contributed by atoms with Crippen LogP contribution in [0.5, 0.6) is 0 Å². The standard InChI is InChI=1S/C13H10Cl2O2/c1-8-5-6-17-13(8)12(16)7-9-10(14)3-2-4-11(9)15/h2-6H,7H2,1H3. The van der Waals surface area contributed by atoms with E-state index < -0.39 is 0 Å². The molecule has 0 saturated carbocycles. The van der Waals surface area contributed by atoms with Gasteiger partial charge in [-0.2, -0.15) is 0 Å². The summed E-state index contributed by atoms with van der Waals surface area (Å²) in [5.74, 6) is 0.239. The first-order valence-corrected chi connectivity index (χ1v) is 5.85. The minimum absolute atomic E-state index is 0.123. The van der Waals surface area contributed by atoms with Crippen molar-refractivity contribution in [2.24, 2.45) is 0 Å². The van der Waals surface area contributed by atoms with Crippen LogP contribution < -0.4 is 0 Å². The van der Waals surface area contributed by atoms with Crippen LogP contribution in [0.25, 0.3) is 0 Å². The lowest BCUT2D eigenvalue weighted by Gasteiger charge is -2.05. The Morgan fingerprint density at radius 3 is 2.41 bits per heavy atom. The molecule has 2 aromatic rings. The molecule has 0 bridgehead atoms. The second-order valence-corrected chi connectivity index (χ2v) is 4.55. The summed E-state index contributed by atoms with van der Waals surface area (Å²) in [6, 6.07) is 6.92. The number of hydrogen-bond acceptors (Lipinski definition) is 2. The van der Waals surface area contributed by atoms with Gasteiger partial charge in [-0.15, -0.1) is 0 Å². The van der Waals surface area contributed by atoms with Gasteiger partial charge < -0.3 is 4.42 Å². The Kier molecular flexibility index (Phi) is 3.55. The second-order valence-electron chi connectivity index (χ2n) is 3.73. The van der Waals surface area contributed by atoms with Gasteiger partial charge in [-0.1, -0.05) is 29.3 Å². The molecule has 0 unspecified atom stereocenters. The maximum absolute atomic E-state index is 12.0. The summed E-state index contributed by atoms with van der Waals surface area (Å²) in [7, 11) is 0. The molecular formula is C13H10Cl2O2. The van der Waals surface area contributed by atoms with Crippen LogP contribution in [0.15, 0.2) is 34.9 Å². The molecule has 0 N–H and O–H groups in total. The molecule has 0 aliphatic carbocycles.